The summed E-state index contributed by atoms with van der Waals surface area (Å²) >= 11 is -2.31. The Morgan fingerprint density at radius 2 is 2.20 bits per heavy atom. The summed E-state index contributed by atoms with van der Waals surface area (Å²) in [5.74, 6) is 0. The molecule has 1 unspecified atom stereocenters. The minimum Gasteiger partial charge on any atom is -0.755 e. The number of pyridine rings is 1. The minimum atomic E-state index is -2.31. The Morgan fingerprint density at radius 3 is 2.73 bits per heavy atom. The van der Waals surface area contributed by atoms with Crippen LogP contribution < -0.4 is 9.62 Å². The van der Waals surface area contributed by atoms with Crippen molar-refractivity contribution in [1.29, 1.82) is 0 Å². The number of nitrogens with zero attached hydrogens (tertiary/aromatic N) is 2. The van der Waals surface area contributed by atoms with Gasteiger partial charge in [0, 0.05) is 30.6 Å². The molecule has 0 radical (unpaired) electrons. The van der Waals surface area contributed by atoms with Gasteiger partial charge in [0.1, 0.15) is 0 Å². The van der Waals surface area contributed by atoms with Gasteiger partial charge < -0.3 is 14.2 Å². The van der Waals surface area contributed by atoms with Crippen LogP contribution in [0.2, 0.25) is 0 Å². The topological polar surface area (TPSA) is 68.3 Å². The first-order valence-corrected chi connectivity index (χ1v) is 5.81. The zero-order chi connectivity index (χ0) is 11.3. The first-order chi connectivity index (χ1) is 7.19. The standard InChI is InChI=1S/C9H15N3O2S/c1-3-12(4-2)9-5-6-10-7-8(9)11-15(13)14/h5-7,11H,3-4H2,1-2H3,(H,13,14)/p-1. The van der Waals surface area contributed by atoms with Gasteiger partial charge in [0.2, 0.25) is 0 Å². The van der Waals surface area contributed by atoms with Crippen LogP contribution in [0, 0.1) is 0 Å². The maximum Gasteiger partial charge on any atom is 0.0873 e. The van der Waals surface area contributed by atoms with Crippen LogP contribution >= 0.6 is 0 Å². The summed E-state index contributed by atoms with van der Waals surface area (Å²) in [5, 5.41) is 0. The molecule has 0 amide bonds. The third kappa shape index (κ3) is 3.17. The lowest BCUT2D eigenvalue weighted by atomic mass is 10.3. The summed E-state index contributed by atoms with van der Waals surface area (Å²) in [6.45, 7) is 5.67. The van der Waals surface area contributed by atoms with E-state index in [1.807, 2.05) is 13.8 Å². The van der Waals surface area contributed by atoms with E-state index >= 15 is 0 Å². The first kappa shape index (κ1) is 11.9. The summed E-state index contributed by atoms with van der Waals surface area (Å²) in [4.78, 5) is 5.94. The normalized spacial score (nSPS) is 12.2. The molecule has 0 aliphatic carbocycles. The monoisotopic (exact) mass is 228 g/mol. The third-order valence-electron chi connectivity index (χ3n) is 2.10. The van der Waals surface area contributed by atoms with Crippen molar-refractivity contribution in [3.8, 4) is 0 Å². The number of nitrogens with one attached hydrogen (secondary N) is 1. The van der Waals surface area contributed by atoms with Crippen LogP contribution in [-0.2, 0) is 11.3 Å². The van der Waals surface area contributed by atoms with Gasteiger partial charge in [-0.3, -0.25) is 9.19 Å². The number of aromatic nitrogens is 1. The Labute approximate surface area is 91.9 Å². The smallest absolute Gasteiger partial charge is 0.0873 e. The van der Waals surface area contributed by atoms with Gasteiger partial charge in [-0.25, -0.2) is 0 Å². The zero-order valence-corrected chi connectivity index (χ0v) is 9.58. The number of anilines is 2. The van der Waals surface area contributed by atoms with Crippen LogP contribution in [0.1, 0.15) is 13.8 Å². The van der Waals surface area contributed by atoms with E-state index in [0.29, 0.717) is 5.69 Å². The van der Waals surface area contributed by atoms with E-state index in [9.17, 15) is 8.76 Å². The van der Waals surface area contributed by atoms with Gasteiger partial charge in [-0.2, -0.15) is 0 Å². The van der Waals surface area contributed by atoms with Crippen molar-refractivity contribution in [2.45, 2.75) is 13.8 Å². The van der Waals surface area contributed by atoms with Crippen molar-refractivity contribution < 1.29 is 8.76 Å². The molecule has 0 aliphatic rings. The molecule has 6 heteroatoms. The Morgan fingerprint density at radius 1 is 1.53 bits per heavy atom. The number of hydrogen-bond acceptors (Lipinski definition) is 4. The lowest BCUT2D eigenvalue weighted by molar-refractivity contribution is 0.542. The maximum atomic E-state index is 10.6. The molecule has 0 aliphatic heterocycles. The van der Waals surface area contributed by atoms with Crippen molar-refractivity contribution in [2.75, 3.05) is 22.7 Å². The number of hydrogen-bond donors (Lipinski definition) is 1. The second-order valence-electron chi connectivity index (χ2n) is 2.90. The van der Waals surface area contributed by atoms with E-state index in [1.165, 1.54) is 6.20 Å². The molecule has 84 valence electrons. The van der Waals surface area contributed by atoms with E-state index in [2.05, 4.69) is 14.6 Å². The fraction of sp³-hybridized carbons (Fsp3) is 0.444. The molecule has 1 aromatic rings. The highest BCUT2D eigenvalue weighted by molar-refractivity contribution is 7.80. The molecule has 1 aromatic heterocycles. The average molecular weight is 228 g/mol. The van der Waals surface area contributed by atoms with Gasteiger partial charge in [-0.05, 0) is 19.9 Å². The summed E-state index contributed by atoms with van der Waals surface area (Å²) in [6.07, 6.45) is 3.15. The minimum absolute atomic E-state index is 0.509. The Bertz CT molecular complexity index is 342. The molecule has 1 rings (SSSR count). The van der Waals surface area contributed by atoms with Crippen LogP contribution in [0.3, 0.4) is 0 Å². The molecule has 1 atom stereocenters. The molecule has 0 saturated carbocycles. The summed E-state index contributed by atoms with van der Waals surface area (Å²) < 4.78 is 23.5. The predicted molar refractivity (Wildman–Crippen MR) is 60.3 cm³/mol. The molecule has 0 bridgehead atoms. The Hall–Kier alpha value is -1.14. The molecular weight excluding hydrogens is 214 g/mol. The summed E-state index contributed by atoms with van der Waals surface area (Å²) in [6, 6.07) is 1.79. The molecule has 0 fully saturated rings. The highest BCUT2D eigenvalue weighted by atomic mass is 32.2. The quantitative estimate of drug-likeness (QED) is 0.767. The fourth-order valence-corrected chi connectivity index (χ4v) is 1.73. The van der Waals surface area contributed by atoms with Gasteiger partial charge >= 0.3 is 0 Å². The van der Waals surface area contributed by atoms with Crippen molar-refractivity contribution in [3.63, 3.8) is 0 Å². The van der Waals surface area contributed by atoms with E-state index in [-0.39, 0.29) is 0 Å². The van der Waals surface area contributed by atoms with Gasteiger partial charge in [-0.1, -0.05) is 0 Å². The van der Waals surface area contributed by atoms with Crippen molar-refractivity contribution in [2.24, 2.45) is 0 Å². The molecule has 0 spiro atoms. The maximum absolute atomic E-state index is 10.6. The van der Waals surface area contributed by atoms with Crippen LogP contribution in [0.5, 0.6) is 0 Å². The molecular formula is C9H14N3O2S-. The van der Waals surface area contributed by atoms with E-state index in [4.69, 9.17) is 0 Å². The van der Waals surface area contributed by atoms with Gasteiger partial charge in [0.05, 0.1) is 17.6 Å². The Kier molecular flexibility index (Phi) is 4.51. The highest BCUT2D eigenvalue weighted by Gasteiger charge is 2.07. The van der Waals surface area contributed by atoms with Crippen LogP contribution in [0.25, 0.3) is 0 Å². The van der Waals surface area contributed by atoms with Crippen LogP contribution in [0.4, 0.5) is 11.4 Å². The molecule has 0 aromatic carbocycles. The van der Waals surface area contributed by atoms with Crippen molar-refractivity contribution in [1.82, 2.24) is 4.98 Å². The largest absolute Gasteiger partial charge is 0.755 e. The van der Waals surface area contributed by atoms with Gasteiger partial charge in [-0.15, -0.1) is 0 Å². The van der Waals surface area contributed by atoms with Crippen LogP contribution in [0.15, 0.2) is 18.5 Å². The van der Waals surface area contributed by atoms with Crippen molar-refractivity contribution >= 4 is 22.6 Å². The SMILES string of the molecule is CCN(CC)c1ccncc1NS(=O)[O-]. The zero-order valence-electron chi connectivity index (χ0n) is 8.77. The third-order valence-corrected chi connectivity index (χ3v) is 2.48. The predicted octanol–water partition coefficient (Wildman–Crippen LogP) is 1.13. The first-order valence-electron chi connectivity index (χ1n) is 4.73. The average Bonchev–Trinajstić information content (AvgIpc) is 2.21. The highest BCUT2D eigenvalue weighted by Crippen LogP contribution is 2.24. The summed E-state index contributed by atoms with van der Waals surface area (Å²) in [7, 11) is 0. The van der Waals surface area contributed by atoms with E-state index < -0.39 is 11.3 Å². The fourth-order valence-electron chi connectivity index (χ4n) is 1.40. The molecule has 5 nitrogen and oxygen atoms in total. The van der Waals surface area contributed by atoms with E-state index in [0.717, 1.165) is 18.8 Å². The Balaban J connectivity index is 2.99. The number of rotatable bonds is 5. The van der Waals surface area contributed by atoms with Crippen LogP contribution in [-0.4, -0.2) is 26.8 Å². The molecule has 1 heterocycles. The van der Waals surface area contributed by atoms with E-state index in [1.54, 1.807) is 12.3 Å². The van der Waals surface area contributed by atoms with Gasteiger partial charge in [0.25, 0.3) is 0 Å². The molecule has 0 saturated heterocycles. The summed E-state index contributed by atoms with van der Waals surface area (Å²) in [5.41, 5.74) is 1.36. The lowest BCUT2D eigenvalue weighted by Crippen LogP contribution is -2.23. The molecule has 1 N–H and O–H groups in total. The van der Waals surface area contributed by atoms with Gasteiger partial charge in [0.15, 0.2) is 0 Å². The lowest BCUT2D eigenvalue weighted by Gasteiger charge is -2.24. The second-order valence-corrected chi connectivity index (χ2v) is 3.58. The molecule has 15 heavy (non-hydrogen) atoms. The second kappa shape index (κ2) is 5.67. The van der Waals surface area contributed by atoms with Crippen molar-refractivity contribution in [3.05, 3.63) is 18.5 Å².